The fourth-order valence-corrected chi connectivity index (χ4v) is 4.85. The Hall–Kier alpha value is -1.52. The Labute approximate surface area is 151 Å². The van der Waals surface area contributed by atoms with E-state index in [0.717, 1.165) is 11.5 Å². The van der Waals surface area contributed by atoms with E-state index in [9.17, 15) is 18.0 Å². The molecule has 0 radical (unpaired) electrons. The molecule has 1 aromatic rings. The van der Waals surface area contributed by atoms with E-state index in [-0.39, 0.29) is 23.6 Å². The maximum absolute atomic E-state index is 12.5. The monoisotopic (exact) mass is 389 g/mol. The second kappa shape index (κ2) is 7.79. The number of carboxylic acid groups (broad SMARTS) is 1. The number of sulfonamides is 1. The Morgan fingerprint density at radius 1 is 1.36 bits per heavy atom. The first kappa shape index (κ1) is 19.8. The van der Waals surface area contributed by atoms with Gasteiger partial charge in [-0.2, -0.15) is 16.1 Å². The molecule has 0 saturated carbocycles. The molecule has 0 bridgehead atoms. The van der Waals surface area contributed by atoms with E-state index in [1.807, 2.05) is 0 Å². The number of nitrogens with one attached hydrogen (secondary N) is 2. The average molecular weight is 389 g/mol. The maximum Gasteiger partial charge on any atom is 0.309 e. The van der Waals surface area contributed by atoms with Gasteiger partial charge in [-0.25, -0.2) is 8.42 Å². The number of aromatic amines is 1. The van der Waals surface area contributed by atoms with E-state index in [1.165, 1.54) is 16.6 Å². The molecule has 1 fully saturated rings. The Morgan fingerprint density at radius 2 is 2.00 bits per heavy atom. The van der Waals surface area contributed by atoms with Crippen LogP contribution < -0.4 is 5.32 Å². The van der Waals surface area contributed by atoms with Crippen LogP contribution in [0.4, 0.5) is 0 Å². The molecule has 3 N–H and O–H groups in total. The van der Waals surface area contributed by atoms with Crippen LogP contribution in [-0.4, -0.2) is 65.8 Å². The summed E-state index contributed by atoms with van der Waals surface area (Å²) in [5, 5.41) is 11.7. The van der Waals surface area contributed by atoms with Crippen molar-refractivity contribution < 1.29 is 23.1 Å². The minimum absolute atomic E-state index is 0.0652. The van der Waals surface area contributed by atoms with Gasteiger partial charge in [0.1, 0.15) is 10.6 Å². The molecule has 2 rings (SSSR count). The number of carbonyl (C=O) groups is 2. The molecule has 1 amide bonds. The summed E-state index contributed by atoms with van der Waals surface area (Å²) in [5.74, 6) is 0.124. The second-order valence-corrected chi connectivity index (χ2v) is 9.62. The van der Waals surface area contributed by atoms with Gasteiger partial charge in [0, 0.05) is 37.3 Å². The van der Waals surface area contributed by atoms with Crippen LogP contribution >= 0.6 is 11.8 Å². The largest absolute Gasteiger partial charge is 0.481 e. The van der Waals surface area contributed by atoms with E-state index in [2.05, 4.69) is 10.3 Å². The molecule has 0 aliphatic carbocycles. The van der Waals surface area contributed by atoms with E-state index in [1.54, 1.807) is 25.6 Å². The fourth-order valence-electron chi connectivity index (χ4n) is 2.28. The van der Waals surface area contributed by atoms with Gasteiger partial charge in [0.2, 0.25) is 10.0 Å². The van der Waals surface area contributed by atoms with Crippen molar-refractivity contribution >= 4 is 33.7 Å². The number of rotatable bonds is 7. The zero-order valence-electron chi connectivity index (χ0n) is 14.2. The van der Waals surface area contributed by atoms with E-state index >= 15 is 0 Å². The van der Waals surface area contributed by atoms with Crippen molar-refractivity contribution in [2.45, 2.75) is 25.2 Å². The lowest BCUT2D eigenvalue weighted by molar-refractivity contribution is -0.147. The van der Waals surface area contributed by atoms with Crippen molar-refractivity contribution in [2.24, 2.45) is 5.41 Å². The van der Waals surface area contributed by atoms with Gasteiger partial charge in [-0.15, -0.1) is 0 Å². The summed E-state index contributed by atoms with van der Waals surface area (Å²) in [6.45, 7) is 4.27. The van der Waals surface area contributed by atoms with Crippen LogP contribution in [0.1, 0.15) is 30.8 Å². The number of carboxylic acids is 1. The molecule has 25 heavy (non-hydrogen) atoms. The summed E-state index contributed by atoms with van der Waals surface area (Å²) in [7, 11) is -3.60. The molecule has 0 unspecified atom stereocenters. The zero-order valence-corrected chi connectivity index (χ0v) is 15.9. The van der Waals surface area contributed by atoms with Gasteiger partial charge in [0.15, 0.2) is 0 Å². The number of aromatic nitrogens is 1. The van der Waals surface area contributed by atoms with Crippen molar-refractivity contribution in [3.05, 3.63) is 18.0 Å². The normalized spacial score (nSPS) is 16.6. The fraction of sp³-hybridized carbons (Fsp3) is 0.600. The average Bonchev–Trinajstić information content (AvgIpc) is 3.06. The van der Waals surface area contributed by atoms with Crippen LogP contribution in [0.15, 0.2) is 17.2 Å². The SMILES string of the molecule is CC(C)(CCNC(=O)c1cc(S(=O)(=O)N2CCSCC2)c[nH]1)C(=O)O. The highest BCUT2D eigenvalue weighted by atomic mass is 32.2. The molecule has 1 aliphatic heterocycles. The quantitative estimate of drug-likeness (QED) is 0.640. The second-order valence-electron chi connectivity index (χ2n) is 6.46. The molecule has 1 aromatic heterocycles. The van der Waals surface area contributed by atoms with Crippen molar-refractivity contribution in [3.63, 3.8) is 0 Å². The molecular formula is C15H23N3O5S2. The Morgan fingerprint density at radius 3 is 2.60 bits per heavy atom. The zero-order chi connectivity index (χ0) is 18.7. The van der Waals surface area contributed by atoms with Crippen LogP contribution in [-0.2, 0) is 14.8 Å². The van der Waals surface area contributed by atoms with Crippen molar-refractivity contribution in [2.75, 3.05) is 31.1 Å². The van der Waals surface area contributed by atoms with Gasteiger partial charge in [-0.3, -0.25) is 9.59 Å². The Balaban J connectivity index is 1.98. The van der Waals surface area contributed by atoms with Gasteiger partial charge in [-0.05, 0) is 26.3 Å². The summed E-state index contributed by atoms with van der Waals surface area (Å²) >= 11 is 1.71. The number of thioether (sulfide) groups is 1. The molecule has 0 atom stereocenters. The lowest BCUT2D eigenvalue weighted by atomic mass is 9.90. The van der Waals surface area contributed by atoms with Gasteiger partial charge >= 0.3 is 5.97 Å². The molecule has 8 nitrogen and oxygen atoms in total. The van der Waals surface area contributed by atoms with E-state index in [0.29, 0.717) is 13.1 Å². The highest BCUT2D eigenvalue weighted by molar-refractivity contribution is 7.99. The van der Waals surface area contributed by atoms with Gasteiger partial charge in [0.05, 0.1) is 5.41 Å². The summed E-state index contributed by atoms with van der Waals surface area (Å²) in [5.41, 5.74) is -0.804. The highest BCUT2D eigenvalue weighted by Gasteiger charge is 2.29. The maximum atomic E-state index is 12.5. The number of hydrogen-bond acceptors (Lipinski definition) is 5. The van der Waals surface area contributed by atoms with Crippen LogP contribution in [0.3, 0.4) is 0 Å². The molecule has 1 saturated heterocycles. The van der Waals surface area contributed by atoms with Gasteiger partial charge < -0.3 is 15.4 Å². The third-order valence-electron chi connectivity index (χ3n) is 4.12. The van der Waals surface area contributed by atoms with Gasteiger partial charge in [0.25, 0.3) is 5.91 Å². The number of H-pyrrole nitrogens is 1. The molecule has 0 spiro atoms. The standard InChI is InChI=1S/C15H23N3O5S2/c1-15(2,14(20)21)3-4-16-13(19)12-9-11(10-17-12)25(22,23)18-5-7-24-8-6-18/h9-10,17H,3-8H2,1-2H3,(H,16,19)(H,20,21). The van der Waals surface area contributed by atoms with Crippen molar-refractivity contribution in [1.82, 2.24) is 14.6 Å². The van der Waals surface area contributed by atoms with E-state index < -0.39 is 27.3 Å². The van der Waals surface area contributed by atoms with E-state index in [4.69, 9.17) is 5.11 Å². The molecule has 2 heterocycles. The number of amides is 1. The predicted octanol–water partition coefficient (Wildman–Crippen LogP) is 0.983. The molecular weight excluding hydrogens is 366 g/mol. The lowest BCUT2D eigenvalue weighted by Gasteiger charge is -2.24. The minimum Gasteiger partial charge on any atom is -0.481 e. The van der Waals surface area contributed by atoms with Crippen LogP contribution in [0.2, 0.25) is 0 Å². The molecule has 0 aromatic carbocycles. The van der Waals surface area contributed by atoms with Crippen LogP contribution in [0.25, 0.3) is 0 Å². The Kier molecular flexibility index (Phi) is 6.17. The number of carbonyl (C=O) groups excluding carboxylic acids is 1. The summed E-state index contributed by atoms with van der Waals surface area (Å²) < 4.78 is 26.5. The summed E-state index contributed by atoms with van der Waals surface area (Å²) in [4.78, 5) is 25.9. The third-order valence-corrected chi connectivity index (χ3v) is 6.94. The van der Waals surface area contributed by atoms with Crippen LogP contribution in [0.5, 0.6) is 0 Å². The first-order valence-electron chi connectivity index (χ1n) is 7.92. The lowest BCUT2D eigenvalue weighted by Crippen LogP contribution is -2.37. The summed E-state index contributed by atoms with van der Waals surface area (Å²) in [6, 6.07) is 1.31. The summed E-state index contributed by atoms with van der Waals surface area (Å²) in [6.07, 6.45) is 1.58. The molecule has 10 heteroatoms. The topological polar surface area (TPSA) is 120 Å². The van der Waals surface area contributed by atoms with Crippen molar-refractivity contribution in [3.8, 4) is 0 Å². The number of hydrogen-bond donors (Lipinski definition) is 3. The van der Waals surface area contributed by atoms with Gasteiger partial charge in [-0.1, -0.05) is 0 Å². The third kappa shape index (κ3) is 4.77. The highest BCUT2D eigenvalue weighted by Crippen LogP contribution is 2.21. The smallest absolute Gasteiger partial charge is 0.309 e. The Bertz CT molecular complexity index is 736. The molecule has 1 aliphatic rings. The first-order valence-corrected chi connectivity index (χ1v) is 10.5. The first-order chi connectivity index (χ1) is 11.6. The predicted molar refractivity (Wildman–Crippen MR) is 95.2 cm³/mol. The van der Waals surface area contributed by atoms with Crippen LogP contribution in [0, 0.1) is 5.41 Å². The van der Waals surface area contributed by atoms with Crippen molar-refractivity contribution in [1.29, 1.82) is 0 Å². The molecule has 140 valence electrons. The number of aliphatic carboxylic acids is 1. The number of nitrogens with zero attached hydrogens (tertiary/aromatic N) is 1. The minimum atomic E-state index is -3.60.